The van der Waals surface area contributed by atoms with Gasteiger partial charge in [-0.25, -0.2) is 4.68 Å². The summed E-state index contributed by atoms with van der Waals surface area (Å²) in [5.74, 6) is 0. The predicted octanol–water partition coefficient (Wildman–Crippen LogP) is 4.39. The SMILES string of the molecule is FC(F)(F)c1cccc(-c2ccnn2-c2ccccc2N2CCOCC2)c1. The monoisotopic (exact) mass is 373 g/mol. The molecule has 0 spiro atoms. The topological polar surface area (TPSA) is 30.3 Å². The normalized spacial score (nSPS) is 15.1. The Bertz CT molecular complexity index is 930. The summed E-state index contributed by atoms with van der Waals surface area (Å²) >= 11 is 0. The molecular formula is C20H18F3N3O. The third kappa shape index (κ3) is 3.55. The molecule has 0 radical (unpaired) electrons. The van der Waals surface area contributed by atoms with E-state index in [4.69, 9.17) is 4.74 Å². The average molecular weight is 373 g/mol. The standard InChI is InChI=1S/C20H18F3N3O/c21-20(22,23)16-5-3-4-15(14-16)17-8-9-24-26(17)19-7-2-1-6-18(19)25-10-12-27-13-11-25/h1-9,14H,10-13H2. The molecular weight excluding hydrogens is 355 g/mol. The molecule has 0 bridgehead atoms. The first kappa shape index (κ1) is 17.6. The van der Waals surface area contributed by atoms with E-state index < -0.39 is 11.7 Å². The maximum absolute atomic E-state index is 13.1. The summed E-state index contributed by atoms with van der Waals surface area (Å²) in [7, 11) is 0. The second kappa shape index (κ2) is 7.08. The lowest BCUT2D eigenvalue weighted by molar-refractivity contribution is -0.137. The van der Waals surface area contributed by atoms with Crippen LogP contribution in [-0.4, -0.2) is 36.1 Å². The number of hydrogen-bond acceptors (Lipinski definition) is 3. The number of nitrogens with zero attached hydrogens (tertiary/aromatic N) is 3. The minimum atomic E-state index is -4.38. The Kier molecular flexibility index (Phi) is 4.61. The number of alkyl halides is 3. The van der Waals surface area contributed by atoms with Crippen LogP contribution >= 0.6 is 0 Å². The van der Waals surface area contributed by atoms with Crippen molar-refractivity contribution in [2.24, 2.45) is 0 Å². The van der Waals surface area contributed by atoms with Crippen LogP contribution in [0.5, 0.6) is 0 Å². The summed E-state index contributed by atoms with van der Waals surface area (Å²) in [6.07, 6.45) is -2.78. The number of anilines is 1. The minimum absolute atomic E-state index is 0.471. The van der Waals surface area contributed by atoms with Gasteiger partial charge in [0.2, 0.25) is 0 Å². The van der Waals surface area contributed by atoms with Crippen LogP contribution in [0.1, 0.15) is 5.56 Å². The number of hydrogen-bond donors (Lipinski definition) is 0. The highest BCUT2D eigenvalue weighted by Crippen LogP contribution is 2.34. The highest BCUT2D eigenvalue weighted by Gasteiger charge is 2.30. The maximum Gasteiger partial charge on any atom is 0.416 e. The van der Waals surface area contributed by atoms with E-state index in [9.17, 15) is 13.2 Å². The molecule has 4 nitrogen and oxygen atoms in total. The predicted molar refractivity (Wildman–Crippen MR) is 97.0 cm³/mol. The molecule has 1 fully saturated rings. The van der Waals surface area contributed by atoms with Gasteiger partial charge in [-0.3, -0.25) is 0 Å². The number of aromatic nitrogens is 2. The van der Waals surface area contributed by atoms with Gasteiger partial charge in [-0.1, -0.05) is 24.3 Å². The largest absolute Gasteiger partial charge is 0.416 e. The van der Waals surface area contributed by atoms with Gasteiger partial charge < -0.3 is 9.64 Å². The Morgan fingerprint density at radius 1 is 0.889 bits per heavy atom. The average Bonchev–Trinajstić information content (AvgIpc) is 3.18. The maximum atomic E-state index is 13.1. The Morgan fingerprint density at radius 3 is 2.37 bits per heavy atom. The van der Waals surface area contributed by atoms with Gasteiger partial charge in [0, 0.05) is 18.7 Å². The molecule has 0 N–H and O–H groups in total. The van der Waals surface area contributed by atoms with Gasteiger partial charge in [0.25, 0.3) is 0 Å². The second-order valence-corrected chi connectivity index (χ2v) is 6.29. The zero-order valence-corrected chi connectivity index (χ0v) is 14.5. The van der Waals surface area contributed by atoms with E-state index in [1.54, 1.807) is 23.0 Å². The van der Waals surface area contributed by atoms with Crippen LogP contribution < -0.4 is 4.90 Å². The third-order valence-electron chi connectivity index (χ3n) is 4.59. The van der Waals surface area contributed by atoms with Crippen molar-refractivity contribution in [3.63, 3.8) is 0 Å². The molecule has 0 saturated carbocycles. The van der Waals surface area contributed by atoms with E-state index in [1.807, 2.05) is 24.3 Å². The lowest BCUT2D eigenvalue weighted by atomic mass is 10.1. The first-order valence-corrected chi connectivity index (χ1v) is 8.68. The van der Waals surface area contributed by atoms with Crippen LogP contribution in [0.15, 0.2) is 60.8 Å². The summed E-state index contributed by atoms with van der Waals surface area (Å²) in [5.41, 5.74) is 2.23. The summed E-state index contributed by atoms with van der Waals surface area (Å²) < 4.78 is 46.4. The molecule has 7 heteroatoms. The van der Waals surface area contributed by atoms with Crippen molar-refractivity contribution < 1.29 is 17.9 Å². The molecule has 2 heterocycles. The Morgan fingerprint density at radius 2 is 1.63 bits per heavy atom. The van der Waals surface area contributed by atoms with Gasteiger partial charge in [-0.15, -0.1) is 0 Å². The van der Waals surface area contributed by atoms with Crippen LogP contribution in [-0.2, 0) is 10.9 Å². The van der Waals surface area contributed by atoms with Gasteiger partial charge >= 0.3 is 6.18 Å². The van der Waals surface area contributed by atoms with Crippen molar-refractivity contribution in [2.45, 2.75) is 6.18 Å². The highest BCUT2D eigenvalue weighted by molar-refractivity contribution is 5.69. The molecule has 2 aromatic carbocycles. The highest BCUT2D eigenvalue weighted by atomic mass is 19.4. The van der Waals surface area contributed by atoms with Gasteiger partial charge in [0.1, 0.15) is 0 Å². The van der Waals surface area contributed by atoms with Crippen molar-refractivity contribution >= 4 is 5.69 Å². The van der Waals surface area contributed by atoms with Gasteiger partial charge in [-0.2, -0.15) is 18.3 Å². The van der Waals surface area contributed by atoms with Crippen molar-refractivity contribution in [3.8, 4) is 16.9 Å². The molecule has 1 saturated heterocycles. The van der Waals surface area contributed by atoms with Crippen molar-refractivity contribution in [1.29, 1.82) is 0 Å². The number of benzene rings is 2. The molecule has 1 aromatic heterocycles. The zero-order chi connectivity index (χ0) is 18.9. The molecule has 4 rings (SSSR count). The van der Waals surface area contributed by atoms with E-state index in [2.05, 4.69) is 10.00 Å². The number of morpholine rings is 1. The summed E-state index contributed by atoms with van der Waals surface area (Å²) in [6.45, 7) is 2.82. The minimum Gasteiger partial charge on any atom is -0.378 e. The van der Waals surface area contributed by atoms with E-state index in [0.717, 1.165) is 36.6 Å². The van der Waals surface area contributed by atoms with E-state index in [1.165, 1.54) is 6.07 Å². The Labute approximate surface area is 154 Å². The third-order valence-corrected chi connectivity index (χ3v) is 4.59. The van der Waals surface area contributed by atoms with Crippen molar-refractivity contribution in [3.05, 3.63) is 66.4 Å². The molecule has 0 amide bonds. The van der Waals surface area contributed by atoms with Crippen molar-refractivity contribution in [2.75, 3.05) is 31.2 Å². The Hall–Kier alpha value is -2.80. The van der Waals surface area contributed by atoms with Crippen LogP contribution in [0, 0.1) is 0 Å². The zero-order valence-electron chi connectivity index (χ0n) is 14.5. The second-order valence-electron chi connectivity index (χ2n) is 6.29. The molecule has 0 unspecified atom stereocenters. The lowest BCUT2D eigenvalue weighted by Gasteiger charge is -2.30. The quantitative estimate of drug-likeness (QED) is 0.682. The number of rotatable bonds is 3. The van der Waals surface area contributed by atoms with Crippen LogP contribution in [0.4, 0.5) is 18.9 Å². The van der Waals surface area contributed by atoms with Crippen LogP contribution in [0.2, 0.25) is 0 Å². The van der Waals surface area contributed by atoms with Crippen LogP contribution in [0.3, 0.4) is 0 Å². The molecule has 3 aromatic rings. The smallest absolute Gasteiger partial charge is 0.378 e. The molecule has 27 heavy (non-hydrogen) atoms. The summed E-state index contributed by atoms with van der Waals surface area (Å²) in [6, 6.07) is 14.8. The first-order valence-electron chi connectivity index (χ1n) is 8.68. The van der Waals surface area contributed by atoms with Gasteiger partial charge in [0.05, 0.1) is 42.0 Å². The van der Waals surface area contributed by atoms with Crippen LogP contribution in [0.25, 0.3) is 16.9 Å². The molecule has 1 aliphatic heterocycles. The number of halogens is 3. The van der Waals surface area contributed by atoms with Gasteiger partial charge in [0.15, 0.2) is 0 Å². The fourth-order valence-electron chi connectivity index (χ4n) is 3.28. The molecule has 140 valence electrons. The number of para-hydroxylation sites is 2. The van der Waals surface area contributed by atoms with E-state index in [0.29, 0.717) is 24.5 Å². The van der Waals surface area contributed by atoms with E-state index >= 15 is 0 Å². The molecule has 1 aliphatic rings. The Balaban J connectivity index is 1.78. The molecule has 0 aliphatic carbocycles. The fraction of sp³-hybridized carbons (Fsp3) is 0.250. The fourth-order valence-corrected chi connectivity index (χ4v) is 3.28. The number of ether oxygens (including phenoxy) is 1. The molecule has 0 atom stereocenters. The van der Waals surface area contributed by atoms with Gasteiger partial charge in [-0.05, 0) is 30.3 Å². The lowest BCUT2D eigenvalue weighted by Crippen LogP contribution is -2.36. The van der Waals surface area contributed by atoms with E-state index in [-0.39, 0.29) is 0 Å². The summed E-state index contributed by atoms with van der Waals surface area (Å²) in [4.78, 5) is 2.20. The summed E-state index contributed by atoms with van der Waals surface area (Å²) in [5, 5.41) is 4.39. The first-order chi connectivity index (χ1) is 13.0. The van der Waals surface area contributed by atoms with Crippen molar-refractivity contribution in [1.82, 2.24) is 9.78 Å².